The summed E-state index contributed by atoms with van der Waals surface area (Å²) in [5.41, 5.74) is 0. The second-order valence-electron chi connectivity index (χ2n) is 1.92. The van der Waals surface area contributed by atoms with Crippen LogP contribution in [0.1, 0.15) is 7.85 Å². The van der Waals surface area contributed by atoms with Gasteiger partial charge in [-0.25, -0.2) is 9.59 Å². The molecule has 0 atom stereocenters. The average molecular weight is 296 g/mol. The normalized spacial score (nSPS) is 7.06. The van der Waals surface area contributed by atoms with E-state index in [0.29, 0.717) is 0 Å². The van der Waals surface area contributed by atoms with E-state index in [1.807, 2.05) is 0 Å². The van der Waals surface area contributed by atoms with Crippen molar-refractivity contribution >= 4 is 31.2 Å². The van der Waals surface area contributed by atoms with Crippen LogP contribution in [0, 0.1) is 0 Å². The van der Waals surface area contributed by atoms with Gasteiger partial charge in [0.2, 0.25) is 0 Å². The number of hydrogen-bond donors (Lipinski definition) is 7. The minimum absolute atomic E-state index is 0. The maximum Gasteiger partial charge on any atom is 1.00 e. The molecule has 0 aliphatic rings. The molecule has 0 aliphatic carbocycles. The number of rotatable bonds is 2. The van der Waals surface area contributed by atoms with E-state index in [1.54, 1.807) is 0 Å². The monoisotopic (exact) mass is 296 g/mol. The Balaban J connectivity index is -0.0000000506. The van der Waals surface area contributed by atoms with E-state index >= 15 is 0 Å². The molecule has 18 heavy (non-hydrogen) atoms. The Morgan fingerprint density at radius 1 is 0.778 bits per heavy atom. The summed E-state index contributed by atoms with van der Waals surface area (Å²) in [6.07, 6.45) is -0.806. The van der Waals surface area contributed by atoms with Gasteiger partial charge < -0.3 is 36.9 Å². The molecule has 11 nitrogen and oxygen atoms in total. The summed E-state index contributed by atoms with van der Waals surface area (Å²) in [6, 6.07) is 0. The third-order valence-electron chi connectivity index (χ3n) is 0.485. The predicted octanol–water partition coefficient (Wildman–Crippen LogP) is -6.23. The fourth-order valence-electron chi connectivity index (χ4n) is 0.129. The van der Waals surface area contributed by atoms with Crippen molar-refractivity contribution in [3.05, 3.63) is 0 Å². The first kappa shape index (κ1) is 26.1. The van der Waals surface area contributed by atoms with E-state index in [9.17, 15) is 9.59 Å². The first-order chi connectivity index (χ1) is 7.50. The second kappa shape index (κ2) is 16.5. The third kappa shape index (κ3) is 58.1. The van der Waals surface area contributed by atoms with Crippen LogP contribution in [-0.2, 0) is 19.2 Å². The molecule has 0 aliphatic heterocycles. The molecule has 0 aromatic rings. The van der Waals surface area contributed by atoms with Crippen LogP contribution < -0.4 is 51.4 Å². The van der Waals surface area contributed by atoms with Gasteiger partial charge in [0, 0.05) is 0 Å². The van der Waals surface area contributed by atoms with Gasteiger partial charge in [-0.15, -0.1) is 0 Å². The molecule has 0 aromatic carbocycles. The SMILES string of the molecule is O=C(O)C(=O)O.O=C(O)CC(=O)O.OB(O)O.[H-].[K+]. The molecule has 7 N–H and O–H groups in total. The van der Waals surface area contributed by atoms with E-state index in [2.05, 4.69) is 0 Å². The molecule has 0 spiro atoms. The molecule has 0 saturated heterocycles. The van der Waals surface area contributed by atoms with Gasteiger partial charge in [-0.2, -0.15) is 0 Å². The molecular weight excluding hydrogens is 286 g/mol. The number of hydrogen-bond acceptors (Lipinski definition) is 7. The van der Waals surface area contributed by atoms with Crippen LogP contribution >= 0.6 is 0 Å². The minimum atomic E-state index is -2.17. The zero-order chi connectivity index (χ0) is 14.6. The fraction of sp³-hybridized carbons (Fsp3) is 0.200. The summed E-state index contributed by atoms with van der Waals surface area (Å²) in [7, 11) is -2.17. The summed E-state index contributed by atoms with van der Waals surface area (Å²) in [5.74, 6) is -6.27. The molecule has 0 fully saturated rings. The van der Waals surface area contributed by atoms with Gasteiger partial charge in [-0.05, 0) is 0 Å². The Kier molecular flexibility index (Phi) is 23.9. The smallest absolute Gasteiger partial charge is 1.00 e. The van der Waals surface area contributed by atoms with Crippen molar-refractivity contribution in [2.75, 3.05) is 0 Å². The fourth-order valence-corrected chi connectivity index (χ4v) is 0.129. The maximum absolute atomic E-state index is 9.43. The zero-order valence-electron chi connectivity index (χ0n) is 10.0. The number of aliphatic carboxylic acids is 4. The Morgan fingerprint density at radius 3 is 0.944 bits per heavy atom. The molecule has 0 rings (SSSR count). The van der Waals surface area contributed by atoms with E-state index in [1.165, 1.54) is 0 Å². The first-order valence-corrected chi connectivity index (χ1v) is 3.44. The molecule has 0 saturated carbocycles. The van der Waals surface area contributed by atoms with Crippen LogP contribution in [0.5, 0.6) is 0 Å². The molecule has 0 aromatic heterocycles. The van der Waals surface area contributed by atoms with E-state index < -0.39 is 37.6 Å². The van der Waals surface area contributed by atoms with Gasteiger partial charge in [-0.1, -0.05) is 0 Å². The molecular formula is C5H10BKO11. The average Bonchev–Trinajstić information content (AvgIpc) is 2.00. The number of carboxylic acids is 4. The van der Waals surface area contributed by atoms with Crippen molar-refractivity contribution in [1.29, 1.82) is 0 Å². The third-order valence-corrected chi connectivity index (χ3v) is 0.485. The van der Waals surface area contributed by atoms with Crippen LogP contribution in [0.3, 0.4) is 0 Å². The van der Waals surface area contributed by atoms with E-state index in [-0.39, 0.29) is 52.8 Å². The van der Waals surface area contributed by atoms with Crippen LogP contribution in [0.15, 0.2) is 0 Å². The standard InChI is InChI=1S/C3H4O4.C2H2O4.BH3O3.K.H/c4-2(5)1-3(6)7;3-1(4)2(5)6;2-1(3)4;;/h1H2,(H,4,5)(H,6,7);(H,3,4)(H,5,6);2-4H;;/q;;;+1;-1. The Morgan fingerprint density at radius 2 is 0.944 bits per heavy atom. The Labute approximate surface area is 144 Å². The summed E-state index contributed by atoms with van der Waals surface area (Å²) < 4.78 is 0. The quantitative estimate of drug-likeness (QED) is 0.145. The largest absolute Gasteiger partial charge is 1.00 e. The van der Waals surface area contributed by atoms with Crippen molar-refractivity contribution in [3.63, 3.8) is 0 Å². The van der Waals surface area contributed by atoms with Crippen molar-refractivity contribution in [2.45, 2.75) is 6.42 Å². The van der Waals surface area contributed by atoms with Crippen LogP contribution in [0.2, 0.25) is 0 Å². The summed E-state index contributed by atoms with van der Waals surface area (Å²) in [4.78, 5) is 37.1. The molecule has 0 radical (unpaired) electrons. The number of carboxylic acid groups (broad SMARTS) is 4. The van der Waals surface area contributed by atoms with Gasteiger partial charge >= 0.3 is 82.6 Å². The van der Waals surface area contributed by atoms with Gasteiger partial charge in [0.15, 0.2) is 0 Å². The van der Waals surface area contributed by atoms with Crippen LogP contribution in [0.25, 0.3) is 0 Å². The van der Waals surface area contributed by atoms with Gasteiger partial charge in [0.1, 0.15) is 6.42 Å². The molecule has 0 amide bonds. The van der Waals surface area contributed by atoms with E-state index in [4.69, 9.17) is 45.1 Å². The number of carbonyl (C=O) groups is 4. The summed E-state index contributed by atoms with van der Waals surface area (Å²) in [5, 5.41) is 51.7. The predicted molar refractivity (Wildman–Crippen MR) is 48.7 cm³/mol. The van der Waals surface area contributed by atoms with Gasteiger partial charge in [-0.3, -0.25) is 9.59 Å². The van der Waals surface area contributed by atoms with Crippen LogP contribution in [0.4, 0.5) is 0 Å². The molecule has 13 heteroatoms. The van der Waals surface area contributed by atoms with Gasteiger partial charge in [0.25, 0.3) is 0 Å². The minimum Gasteiger partial charge on any atom is -1.00 e. The Hall–Kier alpha value is -0.539. The van der Waals surface area contributed by atoms with Crippen molar-refractivity contribution in [1.82, 2.24) is 0 Å². The van der Waals surface area contributed by atoms with E-state index in [0.717, 1.165) is 0 Å². The van der Waals surface area contributed by atoms with Crippen molar-refractivity contribution < 1.29 is 107 Å². The molecule has 100 valence electrons. The zero-order valence-corrected chi connectivity index (χ0v) is 12.2. The van der Waals surface area contributed by atoms with Crippen molar-refractivity contribution in [2.24, 2.45) is 0 Å². The second-order valence-corrected chi connectivity index (χ2v) is 1.92. The van der Waals surface area contributed by atoms with Crippen LogP contribution in [-0.4, -0.2) is 66.7 Å². The molecule has 0 bridgehead atoms. The first-order valence-electron chi connectivity index (χ1n) is 3.44. The molecule has 0 heterocycles. The van der Waals surface area contributed by atoms with Crippen molar-refractivity contribution in [3.8, 4) is 0 Å². The van der Waals surface area contributed by atoms with Gasteiger partial charge in [0.05, 0.1) is 0 Å². The Bertz CT molecular complexity index is 256. The topological polar surface area (TPSA) is 210 Å². The molecule has 0 unspecified atom stereocenters. The summed E-state index contributed by atoms with van der Waals surface area (Å²) in [6.45, 7) is 0. The summed E-state index contributed by atoms with van der Waals surface area (Å²) >= 11 is 0. The maximum atomic E-state index is 9.43.